The quantitative estimate of drug-likeness (QED) is 0.408. The van der Waals surface area contributed by atoms with E-state index in [0.717, 1.165) is 0 Å². The molecule has 0 aliphatic carbocycles. The molecule has 98 valence electrons. The summed E-state index contributed by atoms with van der Waals surface area (Å²) in [6, 6.07) is -1.74. The van der Waals surface area contributed by atoms with Gasteiger partial charge in [-0.05, 0) is 12.8 Å². The van der Waals surface area contributed by atoms with Crippen LogP contribution in [0.4, 0.5) is 4.79 Å². The largest absolute Gasteiger partial charge is 0.418 e. The normalized spacial score (nSPS) is 30.9. The van der Waals surface area contributed by atoms with E-state index in [2.05, 4.69) is 4.28 Å². The van der Waals surface area contributed by atoms with Gasteiger partial charge in [0.15, 0.2) is 0 Å². The Hall–Kier alpha value is -0.940. The lowest BCUT2D eigenvalue weighted by Crippen LogP contribution is -2.50. The summed E-state index contributed by atoms with van der Waals surface area (Å²) in [5.41, 5.74) is 5.32. The number of hydrogen-bond acceptors (Lipinski definition) is 6. The molecular weight excluding hydrogens is 254 g/mol. The van der Waals surface area contributed by atoms with Gasteiger partial charge in [0.1, 0.15) is 6.23 Å². The maximum atomic E-state index is 11.8. The third-order valence-corrected chi connectivity index (χ3v) is 3.29. The number of carbonyl (C=O) groups excluding carboxylic acids is 1. The highest BCUT2D eigenvalue weighted by atomic mass is 32.3. The minimum absolute atomic E-state index is 0.216. The average molecular weight is 267 g/mol. The van der Waals surface area contributed by atoms with Crippen LogP contribution in [-0.2, 0) is 14.7 Å². The van der Waals surface area contributed by atoms with E-state index >= 15 is 0 Å². The molecule has 2 rings (SSSR count). The number of hydroxylamine groups is 2. The third-order valence-electron chi connectivity index (χ3n) is 2.94. The number of piperidine rings is 1. The molecule has 1 unspecified atom stereocenters. The number of aliphatic hydroxyl groups is 1. The second kappa shape index (κ2) is 4.07. The number of hydrogen-bond donors (Lipinski definition) is 3. The molecule has 2 bridgehead atoms. The van der Waals surface area contributed by atoms with E-state index in [1.54, 1.807) is 0 Å². The van der Waals surface area contributed by atoms with Gasteiger partial charge in [-0.3, -0.25) is 4.55 Å². The van der Waals surface area contributed by atoms with Crippen LogP contribution in [0.2, 0.25) is 0 Å². The second-order valence-corrected chi connectivity index (χ2v) is 5.06. The highest BCUT2D eigenvalue weighted by Crippen LogP contribution is 2.31. The molecule has 17 heavy (non-hydrogen) atoms. The topological polar surface area (TPSA) is 133 Å². The Labute approximate surface area is 97.6 Å². The highest BCUT2D eigenvalue weighted by Gasteiger charge is 2.48. The fourth-order valence-corrected chi connectivity index (χ4v) is 2.60. The van der Waals surface area contributed by atoms with Crippen molar-refractivity contribution in [3.63, 3.8) is 0 Å². The SMILES string of the molecule is NC(O)[C@@H]1CC[C@@H]2CN1C(=O)N2OS(=O)(=O)O. The van der Waals surface area contributed by atoms with E-state index in [4.69, 9.17) is 10.3 Å². The molecule has 2 fully saturated rings. The molecule has 4 N–H and O–H groups in total. The second-order valence-electron chi connectivity index (χ2n) is 4.05. The van der Waals surface area contributed by atoms with Crippen molar-refractivity contribution < 1.29 is 27.2 Å². The summed E-state index contributed by atoms with van der Waals surface area (Å²) < 4.78 is 33.9. The molecule has 2 aliphatic heterocycles. The number of aliphatic hydroxyl groups excluding tert-OH is 1. The Morgan fingerprint density at radius 1 is 1.47 bits per heavy atom. The standard InChI is InChI=1S/C7H13N3O6S/c8-6(11)5-2-1-4-3-9(5)7(12)10(4)16-17(13,14)15/h4-6,11H,1-3,8H2,(H,13,14,15)/t4-,5+,6?/m1/s1. The van der Waals surface area contributed by atoms with Gasteiger partial charge in [-0.25, -0.2) is 4.79 Å². The van der Waals surface area contributed by atoms with Crippen LogP contribution in [-0.4, -0.2) is 58.9 Å². The van der Waals surface area contributed by atoms with E-state index in [9.17, 15) is 18.3 Å². The van der Waals surface area contributed by atoms with Crippen LogP contribution < -0.4 is 5.73 Å². The van der Waals surface area contributed by atoms with Gasteiger partial charge in [-0.2, -0.15) is 13.5 Å². The fraction of sp³-hybridized carbons (Fsp3) is 0.857. The van der Waals surface area contributed by atoms with Crippen LogP contribution in [0, 0.1) is 0 Å². The molecule has 2 amide bonds. The lowest BCUT2D eigenvalue weighted by Gasteiger charge is -2.31. The summed E-state index contributed by atoms with van der Waals surface area (Å²) in [5.74, 6) is 0. The van der Waals surface area contributed by atoms with Gasteiger partial charge in [-0.15, -0.1) is 4.28 Å². The summed E-state index contributed by atoms with van der Waals surface area (Å²) in [7, 11) is -4.73. The average Bonchev–Trinajstić information content (AvgIpc) is 2.42. The molecular formula is C7H13N3O6S. The van der Waals surface area contributed by atoms with Crippen molar-refractivity contribution in [3.8, 4) is 0 Å². The van der Waals surface area contributed by atoms with Gasteiger partial charge in [0, 0.05) is 6.54 Å². The van der Waals surface area contributed by atoms with Crippen molar-refractivity contribution in [1.29, 1.82) is 0 Å². The number of nitrogens with two attached hydrogens (primary N) is 1. The van der Waals surface area contributed by atoms with Gasteiger partial charge in [0.25, 0.3) is 0 Å². The van der Waals surface area contributed by atoms with Crippen molar-refractivity contribution in [2.45, 2.75) is 31.2 Å². The molecule has 0 saturated carbocycles. The Morgan fingerprint density at radius 2 is 2.12 bits per heavy atom. The van der Waals surface area contributed by atoms with E-state index in [1.807, 2.05) is 0 Å². The first-order valence-electron chi connectivity index (χ1n) is 5.00. The van der Waals surface area contributed by atoms with Crippen molar-refractivity contribution in [2.24, 2.45) is 5.73 Å². The van der Waals surface area contributed by atoms with Gasteiger partial charge < -0.3 is 15.7 Å². The van der Waals surface area contributed by atoms with Crippen LogP contribution in [0.1, 0.15) is 12.8 Å². The van der Waals surface area contributed by atoms with E-state index < -0.39 is 34.7 Å². The number of urea groups is 1. The first kappa shape index (κ1) is 12.5. The number of rotatable bonds is 3. The third kappa shape index (κ3) is 2.35. The van der Waals surface area contributed by atoms with E-state index in [-0.39, 0.29) is 6.54 Å². The minimum atomic E-state index is -4.73. The van der Waals surface area contributed by atoms with Gasteiger partial charge >= 0.3 is 16.4 Å². The zero-order valence-electron chi connectivity index (χ0n) is 8.76. The Bertz CT molecular complexity index is 423. The van der Waals surface area contributed by atoms with Crippen molar-refractivity contribution in [1.82, 2.24) is 9.96 Å². The van der Waals surface area contributed by atoms with Gasteiger partial charge in [-0.1, -0.05) is 0 Å². The molecule has 0 spiro atoms. The zero-order chi connectivity index (χ0) is 12.8. The lowest BCUT2D eigenvalue weighted by molar-refractivity contribution is -0.0319. The Kier molecular flexibility index (Phi) is 2.99. The van der Waals surface area contributed by atoms with Crippen LogP contribution in [0.25, 0.3) is 0 Å². The molecule has 9 nitrogen and oxygen atoms in total. The first-order chi connectivity index (χ1) is 7.79. The zero-order valence-corrected chi connectivity index (χ0v) is 9.58. The highest BCUT2D eigenvalue weighted by molar-refractivity contribution is 7.80. The molecule has 2 aliphatic rings. The molecule has 0 radical (unpaired) electrons. The Balaban J connectivity index is 2.17. The summed E-state index contributed by atoms with van der Waals surface area (Å²) >= 11 is 0. The first-order valence-corrected chi connectivity index (χ1v) is 6.36. The molecule has 0 aromatic carbocycles. The van der Waals surface area contributed by atoms with Crippen molar-refractivity contribution >= 4 is 16.4 Å². The summed E-state index contributed by atoms with van der Waals surface area (Å²) in [4.78, 5) is 13.0. The predicted molar refractivity (Wildman–Crippen MR) is 53.6 cm³/mol. The van der Waals surface area contributed by atoms with Crippen LogP contribution in [0.3, 0.4) is 0 Å². The predicted octanol–water partition coefficient (Wildman–Crippen LogP) is -1.73. The number of fused-ring (bicyclic) bond motifs is 2. The molecule has 0 aromatic rings. The van der Waals surface area contributed by atoms with Gasteiger partial charge in [0.2, 0.25) is 0 Å². The lowest BCUT2D eigenvalue weighted by atomic mass is 10.00. The number of carbonyl (C=O) groups is 1. The smallest absolute Gasteiger partial charge is 0.377 e. The van der Waals surface area contributed by atoms with Crippen molar-refractivity contribution in [2.75, 3.05) is 6.54 Å². The molecule has 10 heteroatoms. The number of amides is 2. The van der Waals surface area contributed by atoms with Crippen LogP contribution in [0.5, 0.6) is 0 Å². The molecule has 2 heterocycles. The number of nitrogens with zero attached hydrogens (tertiary/aromatic N) is 2. The van der Waals surface area contributed by atoms with Crippen LogP contribution >= 0.6 is 0 Å². The summed E-state index contributed by atoms with van der Waals surface area (Å²) in [5, 5.41) is 9.90. The maximum absolute atomic E-state index is 11.8. The molecule has 2 saturated heterocycles. The van der Waals surface area contributed by atoms with E-state index in [1.165, 1.54) is 4.90 Å². The summed E-state index contributed by atoms with van der Waals surface area (Å²) in [6.45, 7) is 0.216. The maximum Gasteiger partial charge on any atom is 0.418 e. The van der Waals surface area contributed by atoms with E-state index in [0.29, 0.717) is 17.9 Å². The summed E-state index contributed by atoms with van der Waals surface area (Å²) in [6.07, 6.45) is -0.304. The Morgan fingerprint density at radius 3 is 2.65 bits per heavy atom. The molecule has 0 aromatic heterocycles. The minimum Gasteiger partial charge on any atom is -0.377 e. The van der Waals surface area contributed by atoms with Crippen LogP contribution in [0.15, 0.2) is 0 Å². The fourth-order valence-electron chi connectivity index (χ4n) is 2.22. The van der Waals surface area contributed by atoms with Gasteiger partial charge in [0.05, 0.1) is 12.1 Å². The monoisotopic (exact) mass is 267 g/mol. The molecule has 3 atom stereocenters. The van der Waals surface area contributed by atoms with Crippen molar-refractivity contribution in [3.05, 3.63) is 0 Å².